The minimum atomic E-state index is -0.452. The molecule has 0 aromatic carbocycles. The fraction of sp³-hybridized carbons (Fsp3) is 0.800. The molecule has 4 aliphatic rings. The van der Waals surface area contributed by atoms with Crippen LogP contribution in [0.2, 0.25) is 0 Å². The minimum absolute atomic E-state index is 0. The summed E-state index contributed by atoms with van der Waals surface area (Å²) in [4.78, 5) is 14.3. The van der Waals surface area contributed by atoms with Crippen molar-refractivity contribution in [2.75, 3.05) is 13.1 Å². The van der Waals surface area contributed by atoms with Crippen molar-refractivity contribution >= 4 is 18.5 Å². The van der Waals surface area contributed by atoms with E-state index in [1.807, 2.05) is 25.7 Å². The molecule has 0 radical (unpaired) electrons. The molecule has 2 aromatic rings. The van der Waals surface area contributed by atoms with Gasteiger partial charge in [-0.15, -0.1) is 12.4 Å². The number of ether oxygens (including phenoxy) is 1. The van der Waals surface area contributed by atoms with Crippen LogP contribution in [0, 0.1) is 37.5 Å². The third-order valence-corrected chi connectivity index (χ3v) is 10.3. The van der Waals surface area contributed by atoms with Crippen molar-refractivity contribution < 1.29 is 9.53 Å². The maximum atomic E-state index is 12.4. The first kappa shape index (κ1) is 34.8. The number of halogens is 1. The number of aromatic nitrogens is 4. The number of fused-ring (bicyclic) bond motifs is 2. The van der Waals surface area contributed by atoms with Crippen LogP contribution in [0.15, 0.2) is 0 Å². The molecule has 0 bridgehead atoms. The Balaban J connectivity index is 0.000000206. The third-order valence-electron chi connectivity index (χ3n) is 10.3. The van der Waals surface area contributed by atoms with Gasteiger partial charge in [-0.2, -0.15) is 10.2 Å². The summed E-state index contributed by atoms with van der Waals surface area (Å²) in [6.45, 7) is 20.4. The maximum Gasteiger partial charge on any atom is 0.410 e. The van der Waals surface area contributed by atoms with Crippen molar-refractivity contribution in [2.45, 2.75) is 144 Å². The van der Waals surface area contributed by atoms with Gasteiger partial charge < -0.3 is 15.0 Å². The van der Waals surface area contributed by atoms with Crippen LogP contribution in [-0.4, -0.2) is 49.2 Å². The van der Waals surface area contributed by atoms with Crippen LogP contribution in [0.3, 0.4) is 0 Å². The molecule has 4 heterocycles. The first-order valence-electron chi connectivity index (χ1n) is 17.3. The predicted molar refractivity (Wildman–Crippen MR) is 179 cm³/mol. The van der Waals surface area contributed by atoms with Gasteiger partial charge in [0.25, 0.3) is 0 Å². The van der Waals surface area contributed by atoms with Crippen LogP contribution in [0.4, 0.5) is 4.79 Å². The predicted octanol–water partition coefficient (Wildman–Crippen LogP) is 7.40. The van der Waals surface area contributed by atoms with Gasteiger partial charge in [0.15, 0.2) is 0 Å². The highest BCUT2D eigenvalue weighted by atomic mass is 35.5. The lowest BCUT2D eigenvalue weighted by Gasteiger charge is -2.31. The molecule has 2 aromatic heterocycles. The molecular formula is C35H59ClN6O2. The van der Waals surface area contributed by atoms with Gasteiger partial charge in [0.05, 0.1) is 29.3 Å². The molecule has 0 unspecified atom stereocenters. The summed E-state index contributed by atoms with van der Waals surface area (Å²) in [7, 11) is 0. The molecule has 1 amide bonds. The van der Waals surface area contributed by atoms with E-state index < -0.39 is 5.60 Å². The number of nitrogens with zero attached hydrogens (tertiary/aromatic N) is 5. The lowest BCUT2D eigenvalue weighted by atomic mass is 9.83. The Morgan fingerprint density at radius 1 is 0.818 bits per heavy atom. The molecule has 2 fully saturated rings. The van der Waals surface area contributed by atoms with Crippen LogP contribution >= 0.6 is 12.4 Å². The van der Waals surface area contributed by atoms with E-state index in [-0.39, 0.29) is 18.5 Å². The molecule has 248 valence electrons. The summed E-state index contributed by atoms with van der Waals surface area (Å²) < 4.78 is 10.0. The zero-order valence-electron chi connectivity index (χ0n) is 28.6. The van der Waals surface area contributed by atoms with Crippen LogP contribution in [0.5, 0.6) is 0 Å². The van der Waals surface area contributed by atoms with E-state index in [0.29, 0.717) is 6.54 Å². The monoisotopic (exact) mass is 630 g/mol. The first-order valence-corrected chi connectivity index (χ1v) is 17.3. The van der Waals surface area contributed by atoms with Gasteiger partial charge in [-0.05, 0) is 114 Å². The smallest absolute Gasteiger partial charge is 0.410 e. The van der Waals surface area contributed by atoms with Crippen molar-refractivity contribution in [2.24, 2.45) is 23.7 Å². The average molecular weight is 631 g/mol. The zero-order chi connectivity index (χ0) is 30.7. The molecule has 2 saturated carbocycles. The van der Waals surface area contributed by atoms with E-state index in [1.54, 1.807) is 0 Å². The summed E-state index contributed by atoms with van der Waals surface area (Å²) in [5, 5.41) is 13.1. The zero-order valence-corrected chi connectivity index (χ0v) is 29.4. The summed E-state index contributed by atoms with van der Waals surface area (Å²) in [5.41, 5.74) is 7.46. The largest absolute Gasteiger partial charge is 0.444 e. The van der Waals surface area contributed by atoms with Gasteiger partial charge >= 0.3 is 6.09 Å². The molecular weight excluding hydrogens is 572 g/mol. The minimum Gasteiger partial charge on any atom is -0.444 e. The molecule has 1 N–H and O–H groups in total. The lowest BCUT2D eigenvalue weighted by molar-refractivity contribution is 0.0217. The van der Waals surface area contributed by atoms with Crippen molar-refractivity contribution in [3.63, 3.8) is 0 Å². The lowest BCUT2D eigenvalue weighted by Crippen LogP contribution is -2.40. The number of carbonyl (C=O) groups is 1. The van der Waals surface area contributed by atoms with Crippen molar-refractivity contribution in [1.82, 2.24) is 29.8 Å². The summed E-state index contributed by atoms with van der Waals surface area (Å²) in [6, 6.07) is 0. The fourth-order valence-electron chi connectivity index (χ4n) is 7.58. The number of rotatable bonds is 4. The molecule has 44 heavy (non-hydrogen) atoms. The molecule has 6 rings (SSSR count). The number of carbonyl (C=O) groups excluding carboxylic acids is 1. The molecule has 0 spiro atoms. The number of aryl methyl sites for hydroxylation is 2. The van der Waals surface area contributed by atoms with E-state index in [1.165, 1.54) is 79.6 Å². The topological polar surface area (TPSA) is 77.2 Å². The van der Waals surface area contributed by atoms with E-state index in [9.17, 15) is 4.79 Å². The van der Waals surface area contributed by atoms with Crippen molar-refractivity contribution in [3.8, 4) is 0 Å². The van der Waals surface area contributed by atoms with Gasteiger partial charge in [0.1, 0.15) is 5.60 Å². The van der Waals surface area contributed by atoms with E-state index >= 15 is 0 Å². The molecule has 2 aliphatic heterocycles. The van der Waals surface area contributed by atoms with Crippen LogP contribution in [-0.2, 0) is 43.8 Å². The van der Waals surface area contributed by atoms with Crippen LogP contribution < -0.4 is 5.32 Å². The highest BCUT2D eigenvalue weighted by Gasteiger charge is 2.30. The molecule has 0 atom stereocenters. The highest BCUT2D eigenvalue weighted by Crippen LogP contribution is 2.32. The third kappa shape index (κ3) is 8.80. The van der Waals surface area contributed by atoms with Crippen molar-refractivity contribution in [1.29, 1.82) is 0 Å². The Bertz CT molecular complexity index is 1230. The van der Waals surface area contributed by atoms with Gasteiger partial charge in [0, 0.05) is 26.2 Å². The number of hydrogen-bond donors (Lipinski definition) is 1. The summed E-state index contributed by atoms with van der Waals surface area (Å²) in [5.74, 6) is 3.38. The van der Waals surface area contributed by atoms with Gasteiger partial charge in [-0.3, -0.25) is 9.36 Å². The van der Waals surface area contributed by atoms with Crippen LogP contribution in [0.1, 0.15) is 120 Å². The number of nitrogens with one attached hydrogen (secondary N) is 1. The Morgan fingerprint density at radius 2 is 1.32 bits per heavy atom. The van der Waals surface area contributed by atoms with Gasteiger partial charge in [-0.1, -0.05) is 39.5 Å². The second-order valence-corrected chi connectivity index (χ2v) is 15.2. The Kier molecular flexibility index (Phi) is 11.9. The standard InChI is InChI=1S/C20H33N3O2.C15H25N3.ClH/c1-14-6-8-16(9-7-14)12-23-18-13-22(19(24)25-20(3,4)5)11-10-17(18)15(2)21-23;1-11-3-5-13(6-4-11)10-18-15-9-16-8-7-14(15)12(2)17-18;/h14,16H,6-13H2,1-5H3;11,13,16H,3-10H2,1-2H3;1H. The Morgan fingerprint density at radius 3 is 1.84 bits per heavy atom. The van der Waals surface area contributed by atoms with E-state index in [4.69, 9.17) is 14.9 Å². The average Bonchev–Trinajstić information content (AvgIpc) is 3.45. The normalized spacial score (nSPS) is 25.2. The fourth-order valence-corrected chi connectivity index (χ4v) is 7.58. The highest BCUT2D eigenvalue weighted by molar-refractivity contribution is 5.85. The second kappa shape index (κ2) is 15.0. The first-order chi connectivity index (χ1) is 20.5. The molecule has 9 heteroatoms. The van der Waals surface area contributed by atoms with E-state index in [0.717, 1.165) is 74.9 Å². The molecule has 0 saturated heterocycles. The van der Waals surface area contributed by atoms with Gasteiger partial charge in [0.2, 0.25) is 0 Å². The number of hydrogen-bond acceptors (Lipinski definition) is 5. The maximum absolute atomic E-state index is 12.4. The SMILES string of the molecule is Cc1nn(CC2CCC(C)CC2)c2c1CCN(C(=O)OC(C)(C)C)C2.Cc1nn(CC2CCC(C)CC2)c2c1CCNC2.Cl. The quantitative estimate of drug-likeness (QED) is 0.381. The molecule has 2 aliphatic carbocycles. The Labute approximate surface area is 272 Å². The van der Waals surface area contributed by atoms with Crippen LogP contribution in [0.25, 0.3) is 0 Å². The second-order valence-electron chi connectivity index (χ2n) is 15.2. The van der Waals surface area contributed by atoms with E-state index in [2.05, 4.69) is 42.4 Å². The Hall–Kier alpha value is -2.06. The van der Waals surface area contributed by atoms with Crippen molar-refractivity contribution in [3.05, 3.63) is 33.9 Å². The summed E-state index contributed by atoms with van der Waals surface area (Å²) >= 11 is 0. The number of amides is 1. The summed E-state index contributed by atoms with van der Waals surface area (Å²) in [6.07, 6.45) is 12.7. The molecule has 8 nitrogen and oxygen atoms in total. The van der Waals surface area contributed by atoms with Gasteiger partial charge in [-0.25, -0.2) is 4.79 Å².